The summed E-state index contributed by atoms with van der Waals surface area (Å²) in [6, 6.07) is 4.36. The first-order valence-corrected chi connectivity index (χ1v) is 7.25. The Hall–Kier alpha value is -1.13. The predicted octanol–water partition coefficient (Wildman–Crippen LogP) is 2.97. The van der Waals surface area contributed by atoms with Gasteiger partial charge in [0.25, 0.3) is 0 Å². The SMILES string of the molecule is CN1CCCCC1(C)C(=O)NCc1cc(Cl)ccc1F. The molecular weight excluding hydrogens is 279 g/mol. The van der Waals surface area contributed by atoms with Crippen molar-refractivity contribution >= 4 is 17.5 Å². The van der Waals surface area contributed by atoms with Crippen molar-refractivity contribution in [3.8, 4) is 0 Å². The molecule has 20 heavy (non-hydrogen) atoms. The van der Waals surface area contributed by atoms with E-state index in [0.717, 1.165) is 25.8 Å². The van der Waals surface area contributed by atoms with E-state index in [2.05, 4.69) is 10.2 Å². The van der Waals surface area contributed by atoms with Crippen LogP contribution in [0, 0.1) is 5.82 Å². The van der Waals surface area contributed by atoms with Crippen LogP contribution < -0.4 is 5.32 Å². The molecule has 0 spiro atoms. The third-order valence-electron chi connectivity index (χ3n) is 4.19. The molecule has 1 amide bonds. The van der Waals surface area contributed by atoms with Gasteiger partial charge < -0.3 is 5.32 Å². The summed E-state index contributed by atoms with van der Waals surface area (Å²) in [6.45, 7) is 3.01. The first kappa shape index (κ1) is 15.3. The Labute approximate surface area is 124 Å². The quantitative estimate of drug-likeness (QED) is 0.930. The highest BCUT2D eigenvalue weighted by Crippen LogP contribution is 2.26. The maximum Gasteiger partial charge on any atom is 0.240 e. The van der Waals surface area contributed by atoms with Crippen molar-refractivity contribution in [2.75, 3.05) is 13.6 Å². The van der Waals surface area contributed by atoms with Gasteiger partial charge >= 0.3 is 0 Å². The molecule has 0 aromatic heterocycles. The lowest BCUT2D eigenvalue weighted by Crippen LogP contribution is -2.57. The number of nitrogens with zero attached hydrogens (tertiary/aromatic N) is 1. The van der Waals surface area contributed by atoms with Crippen molar-refractivity contribution < 1.29 is 9.18 Å². The molecule has 1 saturated heterocycles. The molecule has 3 nitrogen and oxygen atoms in total. The Balaban J connectivity index is 2.03. The van der Waals surface area contributed by atoms with E-state index >= 15 is 0 Å². The van der Waals surface area contributed by atoms with E-state index in [-0.39, 0.29) is 18.3 Å². The molecule has 2 rings (SSSR count). The average Bonchev–Trinajstić information content (AvgIpc) is 2.43. The normalized spacial score (nSPS) is 23.6. The van der Waals surface area contributed by atoms with Crippen LogP contribution in [-0.2, 0) is 11.3 Å². The molecule has 1 unspecified atom stereocenters. The number of halogens is 2. The van der Waals surface area contributed by atoms with Crippen LogP contribution >= 0.6 is 11.6 Å². The van der Waals surface area contributed by atoms with Crippen LogP contribution in [0.1, 0.15) is 31.7 Å². The molecule has 110 valence electrons. The number of rotatable bonds is 3. The molecule has 0 bridgehead atoms. The number of benzene rings is 1. The number of nitrogens with one attached hydrogen (secondary N) is 1. The first-order chi connectivity index (χ1) is 9.43. The zero-order chi connectivity index (χ0) is 14.8. The topological polar surface area (TPSA) is 32.3 Å². The number of amides is 1. The molecular formula is C15H20ClFN2O. The zero-order valence-corrected chi connectivity index (χ0v) is 12.6. The standard InChI is InChI=1S/C15H20ClFN2O/c1-15(7-3-4-8-19(15)2)14(20)18-10-11-9-12(16)5-6-13(11)17/h5-6,9H,3-4,7-8,10H2,1-2H3,(H,18,20). The summed E-state index contributed by atoms with van der Waals surface area (Å²) < 4.78 is 13.6. The van der Waals surface area contributed by atoms with Crippen LogP contribution in [0.4, 0.5) is 4.39 Å². The highest BCUT2D eigenvalue weighted by atomic mass is 35.5. The minimum atomic E-state index is -0.507. The highest BCUT2D eigenvalue weighted by Gasteiger charge is 2.38. The largest absolute Gasteiger partial charge is 0.350 e. The van der Waals surface area contributed by atoms with E-state index in [4.69, 9.17) is 11.6 Å². The van der Waals surface area contributed by atoms with Gasteiger partial charge in [0.15, 0.2) is 0 Å². The molecule has 1 aromatic rings. The minimum absolute atomic E-state index is 0.0564. The third kappa shape index (κ3) is 3.13. The molecule has 1 aromatic carbocycles. The van der Waals surface area contributed by atoms with Gasteiger partial charge in [0.1, 0.15) is 5.82 Å². The second kappa shape index (κ2) is 6.10. The molecule has 0 radical (unpaired) electrons. The van der Waals surface area contributed by atoms with Crippen LogP contribution in [0.5, 0.6) is 0 Å². The van der Waals surface area contributed by atoms with Crippen molar-refractivity contribution in [2.45, 2.75) is 38.3 Å². The van der Waals surface area contributed by atoms with Gasteiger partial charge in [-0.05, 0) is 58.0 Å². The van der Waals surface area contributed by atoms with Crippen molar-refractivity contribution in [3.63, 3.8) is 0 Å². The second-order valence-corrected chi connectivity index (χ2v) is 6.01. The molecule has 1 aliphatic heterocycles. The lowest BCUT2D eigenvalue weighted by Gasteiger charge is -2.41. The summed E-state index contributed by atoms with van der Waals surface area (Å²) in [5.74, 6) is -0.407. The fourth-order valence-electron chi connectivity index (χ4n) is 2.59. The summed E-state index contributed by atoms with van der Waals surface area (Å²) >= 11 is 5.84. The Morgan fingerprint density at radius 2 is 2.25 bits per heavy atom. The van der Waals surface area contributed by atoms with Gasteiger partial charge in [0.2, 0.25) is 5.91 Å². The van der Waals surface area contributed by atoms with E-state index in [1.165, 1.54) is 12.1 Å². The fourth-order valence-corrected chi connectivity index (χ4v) is 2.78. The maximum atomic E-state index is 13.6. The number of hydrogen-bond donors (Lipinski definition) is 1. The Morgan fingerprint density at radius 3 is 2.95 bits per heavy atom. The van der Waals surface area contributed by atoms with Crippen LogP contribution in [0.3, 0.4) is 0 Å². The van der Waals surface area contributed by atoms with E-state index in [1.54, 1.807) is 6.07 Å². The molecule has 0 aliphatic carbocycles. The zero-order valence-electron chi connectivity index (χ0n) is 11.9. The summed E-state index contributed by atoms with van der Waals surface area (Å²) in [7, 11) is 1.96. The summed E-state index contributed by atoms with van der Waals surface area (Å²) in [5.41, 5.74) is -0.0965. The number of carbonyl (C=O) groups excluding carboxylic acids is 1. The molecule has 1 fully saturated rings. The number of piperidine rings is 1. The molecule has 5 heteroatoms. The van der Waals surface area contributed by atoms with Gasteiger partial charge in [0, 0.05) is 17.1 Å². The van der Waals surface area contributed by atoms with Gasteiger partial charge in [-0.3, -0.25) is 9.69 Å². The monoisotopic (exact) mass is 298 g/mol. The molecule has 0 saturated carbocycles. The smallest absolute Gasteiger partial charge is 0.240 e. The van der Waals surface area contributed by atoms with Crippen LogP contribution in [0.25, 0.3) is 0 Å². The van der Waals surface area contributed by atoms with Crippen LogP contribution in [-0.4, -0.2) is 29.9 Å². The Kier molecular flexibility index (Phi) is 4.66. The van der Waals surface area contributed by atoms with Crippen LogP contribution in [0.15, 0.2) is 18.2 Å². The summed E-state index contributed by atoms with van der Waals surface area (Å²) in [6.07, 6.45) is 2.98. The Bertz CT molecular complexity index is 509. The van der Waals surface area contributed by atoms with Crippen molar-refractivity contribution in [3.05, 3.63) is 34.6 Å². The van der Waals surface area contributed by atoms with Gasteiger partial charge in [-0.1, -0.05) is 11.6 Å². The molecule has 1 N–H and O–H groups in total. The lowest BCUT2D eigenvalue weighted by atomic mass is 9.88. The van der Waals surface area contributed by atoms with E-state index in [9.17, 15) is 9.18 Å². The molecule has 1 heterocycles. The van der Waals surface area contributed by atoms with Gasteiger partial charge in [-0.2, -0.15) is 0 Å². The predicted molar refractivity (Wildman–Crippen MR) is 78.1 cm³/mol. The average molecular weight is 299 g/mol. The molecule has 1 atom stereocenters. The number of hydrogen-bond acceptors (Lipinski definition) is 2. The maximum absolute atomic E-state index is 13.6. The second-order valence-electron chi connectivity index (χ2n) is 5.57. The lowest BCUT2D eigenvalue weighted by molar-refractivity contribution is -0.133. The number of likely N-dealkylation sites (tertiary alicyclic amines) is 1. The van der Waals surface area contributed by atoms with Crippen LogP contribution in [0.2, 0.25) is 5.02 Å². The summed E-state index contributed by atoms with van der Waals surface area (Å²) in [5, 5.41) is 3.30. The van der Waals surface area contributed by atoms with Gasteiger partial charge in [0.05, 0.1) is 5.54 Å². The fraction of sp³-hybridized carbons (Fsp3) is 0.533. The number of likely N-dealkylation sites (N-methyl/N-ethyl adjacent to an activating group) is 1. The van der Waals surface area contributed by atoms with E-state index in [0.29, 0.717) is 10.6 Å². The highest BCUT2D eigenvalue weighted by molar-refractivity contribution is 6.30. The van der Waals surface area contributed by atoms with Crippen molar-refractivity contribution in [1.82, 2.24) is 10.2 Å². The minimum Gasteiger partial charge on any atom is -0.350 e. The summed E-state index contributed by atoms with van der Waals surface area (Å²) in [4.78, 5) is 14.5. The Morgan fingerprint density at radius 1 is 1.50 bits per heavy atom. The first-order valence-electron chi connectivity index (χ1n) is 6.87. The third-order valence-corrected chi connectivity index (χ3v) is 4.42. The van der Waals surface area contributed by atoms with Crippen molar-refractivity contribution in [1.29, 1.82) is 0 Å². The van der Waals surface area contributed by atoms with E-state index in [1.807, 2.05) is 14.0 Å². The van der Waals surface area contributed by atoms with Crippen molar-refractivity contribution in [2.24, 2.45) is 0 Å². The van der Waals surface area contributed by atoms with Gasteiger partial charge in [-0.25, -0.2) is 4.39 Å². The van der Waals surface area contributed by atoms with E-state index < -0.39 is 5.54 Å². The molecule has 1 aliphatic rings. The number of carbonyl (C=O) groups is 1. The van der Waals surface area contributed by atoms with Gasteiger partial charge in [-0.15, -0.1) is 0 Å².